The Morgan fingerprint density at radius 3 is 1.95 bits per heavy atom. The molecule has 2 aromatic rings. The highest BCUT2D eigenvalue weighted by atomic mass is 16.2. The number of amides is 3. The summed E-state index contributed by atoms with van der Waals surface area (Å²) in [4.78, 5) is 22.6. The largest absolute Gasteiger partial charge is 0.351 e. The summed E-state index contributed by atoms with van der Waals surface area (Å²) in [6.45, 7) is 2.01. The van der Waals surface area contributed by atoms with E-state index in [0.717, 1.165) is 11.1 Å². The molecule has 0 radical (unpaired) electrons. The third-order valence-corrected chi connectivity index (χ3v) is 2.92. The molecule has 2 rings (SSSR count). The van der Waals surface area contributed by atoms with Gasteiger partial charge in [0.1, 0.15) is 0 Å². The van der Waals surface area contributed by atoms with Gasteiger partial charge in [-0.15, -0.1) is 0 Å². The van der Waals surface area contributed by atoms with E-state index in [1.54, 1.807) is 24.3 Å². The molecular formula is C16H17N3O2. The van der Waals surface area contributed by atoms with Gasteiger partial charge < -0.3 is 16.4 Å². The Labute approximate surface area is 123 Å². The second-order valence-corrected chi connectivity index (χ2v) is 4.78. The van der Waals surface area contributed by atoms with E-state index >= 15 is 0 Å². The first-order valence-corrected chi connectivity index (χ1v) is 6.55. The van der Waals surface area contributed by atoms with Gasteiger partial charge in [-0.2, -0.15) is 0 Å². The van der Waals surface area contributed by atoms with Gasteiger partial charge in [0.2, 0.25) is 5.91 Å². The normalized spacial score (nSPS) is 9.95. The zero-order valence-electron chi connectivity index (χ0n) is 11.7. The number of urea groups is 1. The maximum Gasteiger partial charge on any atom is 0.316 e. The van der Waals surface area contributed by atoms with Crippen LogP contribution in [0.3, 0.4) is 0 Å². The number of carbonyl (C=O) groups is 2. The smallest absolute Gasteiger partial charge is 0.316 e. The van der Waals surface area contributed by atoms with Crippen molar-refractivity contribution in [2.75, 3.05) is 10.6 Å². The number of primary amides is 1. The van der Waals surface area contributed by atoms with Crippen molar-refractivity contribution in [1.29, 1.82) is 0 Å². The highest BCUT2D eigenvalue weighted by Gasteiger charge is 2.04. The van der Waals surface area contributed by atoms with E-state index in [9.17, 15) is 9.59 Å². The molecule has 0 aliphatic rings. The minimum absolute atomic E-state index is 0.0885. The fourth-order valence-electron chi connectivity index (χ4n) is 1.88. The maximum atomic E-state index is 11.9. The number of hydrogen-bond donors (Lipinski definition) is 3. The summed E-state index contributed by atoms with van der Waals surface area (Å²) in [5.41, 5.74) is 8.40. The zero-order valence-corrected chi connectivity index (χ0v) is 11.7. The van der Waals surface area contributed by atoms with Crippen LogP contribution in [0.15, 0.2) is 48.5 Å². The van der Waals surface area contributed by atoms with E-state index in [-0.39, 0.29) is 5.91 Å². The SMILES string of the molecule is Cc1ccc(CC(=O)Nc2ccc(NC(N)=O)cc2)cc1. The molecule has 0 spiro atoms. The first-order chi connectivity index (χ1) is 10.0. The van der Waals surface area contributed by atoms with Gasteiger partial charge in [-0.3, -0.25) is 4.79 Å². The van der Waals surface area contributed by atoms with Crippen molar-refractivity contribution in [3.05, 3.63) is 59.7 Å². The van der Waals surface area contributed by atoms with Crippen molar-refractivity contribution in [3.63, 3.8) is 0 Å². The predicted octanol–water partition coefficient (Wildman–Crippen LogP) is 2.67. The van der Waals surface area contributed by atoms with Crippen LogP contribution in [-0.4, -0.2) is 11.9 Å². The van der Waals surface area contributed by atoms with Gasteiger partial charge in [0.25, 0.3) is 0 Å². The summed E-state index contributed by atoms with van der Waals surface area (Å²) in [6.07, 6.45) is 0.321. The van der Waals surface area contributed by atoms with E-state index in [0.29, 0.717) is 17.8 Å². The first-order valence-electron chi connectivity index (χ1n) is 6.55. The van der Waals surface area contributed by atoms with Crippen LogP contribution in [0.5, 0.6) is 0 Å². The van der Waals surface area contributed by atoms with Crippen LogP contribution >= 0.6 is 0 Å². The highest BCUT2D eigenvalue weighted by molar-refractivity contribution is 5.93. The first kappa shape index (κ1) is 14.6. The second kappa shape index (κ2) is 6.56. The third kappa shape index (κ3) is 4.65. The summed E-state index contributed by atoms with van der Waals surface area (Å²) < 4.78 is 0. The molecule has 108 valence electrons. The number of rotatable bonds is 4. The topological polar surface area (TPSA) is 84.2 Å². The lowest BCUT2D eigenvalue weighted by atomic mass is 10.1. The van der Waals surface area contributed by atoms with E-state index in [4.69, 9.17) is 5.73 Å². The molecule has 5 heteroatoms. The minimum atomic E-state index is -0.619. The molecule has 5 nitrogen and oxygen atoms in total. The number of carbonyl (C=O) groups excluding carboxylic acids is 2. The van der Waals surface area contributed by atoms with Gasteiger partial charge in [0.05, 0.1) is 6.42 Å². The Balaban J connectivity index is 1.93. The molecule has 0 aliphatic heterocycles. The average Bonchev–Trinajstić information content (AvgIpc) is 2.43. The summed E-state index contributed by atoms with van der Waals surface area (Å²) >= 11 is 0. The van der Waals surface area contributed by atoms with Gasteiger partial charge in [-0.05, 0) is 36.8 Å². The number of nitrogens with one attached hydrogen (secondary N) is 2. The molecule has 4 N–H and O–H groups in total. The Bertz CT molecular complexity index is 634. The molecule has 2 aromatic carbocycles. The standard InChI is InChI=1S/C16H17N3O2/c1-11-2-4-12(5-3-11)10-15(20)18-13-6-8-14(9-7-13)19-16(17)21/h2-9H,10H2,1H3,(H,18,20)(H3,17,19,21). The molecule has 0 bridgehead atoms. The lowest BCUT2D eigenvalue weighted by molar-refractivity contribution is -0.115. The van der Waals surface area contributed by atoms with Crippen molar-refractivity contribution < 1.29 is 9.59 Å². The monoisotopic (exact) mass is 283 g/mol. The molecule has 0 saturated heterocycles. The Kier molecular flexibility index (Phi) is 4.56. The molecule has 3 amide bonds. The number of nitrogens with two attached hydrogens (primary N) is 1. The highest BCUT2D eigenvalue weighted by Crippen LogP contribution is 2.14. The third-order valence-electron chi connectivity index (χ3n) is 2.92. The van der Waals surface area contributed by atoms with Crippen molar-refractivity contribution in [2.45, 2.75) is 13.3 Å². The summed E-state index contributed by atoms with van der Waals surface area (Å²) in [7, 11) is 0. The van der Waals surface area contributed by atoms with E-state index in [1.165, 1.54) is 0 Å². The number of aryl methyl sites for hydroxylation is 1. The molecule has 21 heavy (non-hydrogen) atoms. The summed E-state index contributed by atoms with van der Waals surface area (Å²) in [5.74, 6) is -0.0885. The van der Waals surface area contributed by atoms with Gasteiger partial charge in [-0.1, -0.05) is 29.8 Å². The lowest BCUT2D eigenvalue weighted by Gasteiger charge is -2.07. The number of benzene rings is 2. The van der Waals surface area contributed by atoms with Crippen molar-refractivity contribution in [1.82, 2.24) is 0 Å². The van der Waals surface area contributed by atoms with E-state index in [2.05, 4.69) is 10.6 Å². The van der Waals surface area contributed by atoms with Crippen molar-refractivity contribution in [3.8, 4) is 0 Å². The molecule has 0 fully saturated rings. The van der Waals surface area contributed by atoms with E-state index in [1.807, 2.05) is 31.2 Å². The molecule has 0 atom stereocenters. The average molecular weight is 283 g/mol. The van der Waals surface area contributed by atoms with Crippen LogP contribution in [0.2, 0.25) is 0 Å². The fourth-order valence-corrected chi connectivity index (χ4v) is 1.88. The second-order valence-electron chi connectivity index (χ2n) is 4.78. The predicted molar refractivity (Wildman–Crippen MR) is 83.2 cm³/mol. The Hall–Kier alpha value is -2.82. The quantitative estimate of drug-likeness (QED) is 0.806. The van der Waals surface area contributed by atoms with Crippen LogP contribution in [0.1, 0.15) is 11.1 Å². The van der Waals surface area contributed by atoms with Crippen molar-refractivity contribution >= 4 is 23.3 Å². The van der Waals surface area contributed by atoms with Crippen LogP contribution in [-0.2, 0) is 11.2 Å². The molecule has 0 aliphatic carbocycles. The van der Waals surface area contributed by atoms with Crippen LogP contribution < -0.4 is 16.4 Å². The molecule has 0 saturated carbocycles. The Morgan fingerprint density at radius 1 is 0.905 bits per heavy atom. The number of anilines is 2. The lowest BCUT2D eigenvalue weighted by Crippen LogP contribution is -2.19. The minimum Gasteiger partial charge on any atom is -0.351 e. The van der Waals surface area contributed by atoms with Crippen molar-refractivity contribution in [2.24, 2.45) is 5.73 Å². The van der Waals surface area contributed by atoms with Gasteiger partial charge in [-0.25, -0.2) is 4.79 Å². The zero-order chi connectivity index (χ0) is 15.2. The Morgan fingerprint density at radius 2 is 1.43 bits per heavy atom. The van der Waals surface area contributed by atoms with Gasteiger partial charge >= 0.3 is 6.03 Å². The molecule has 0 aromatic heterocycles. The molecule has 0 heterocycles. The number of hydrogen-bond acceptors (Lipinski definition) is 2. The van der Waals surface area contributed by atoms with Crippen LogP contribution in [0, 0.1) is 6.92 Å². The summed E-state index contributed by atoms with van der Waals surface area (Å²) in [6, 6.07) is 14.0. The summed E-state index contributed by atoms with van der Waals surface area (Å²) in [5, 5.41) is 5.26. The molecular weight excluding hydrogens is 266 g/mol. The molecule has 0 unspecified atom stereocenters. The van der Waals surface area contributed by atoms with Crippen LogP contribution in [0.4, 0.5) is 16.2 Å². The maximum absolute atomic E-state index is 11.9. The van der Waals surface area contributed by atoms with Gasteiger partial charge in [0.15, 0.2) is 0 Å². The van der Waals surface area contributed by atoms with Crippen LogP contribution in [0.25, 0.3) is 0 Å². The fraction of sp³-hybridized carbons (Fsp3) is 0.125. The van der Waals surface area contributed by atoms with Gasteiger partial charge in [0, 0.05) is 11.4 Å². The van der Waals surface area contributed by atoms with E-state index < -0.39 is 6.03 Å².